The zero-order valence-corrected chi connectivity index (χ0v) is 10.5. The molecule has 0 aliphatic heterocycles. The lowest BCUT2D eigenvalue weighted by Crippen LogP contribution is -2.28. The van der Waals surface area contributed by atoms with Gasteiger partial charge in [-0.2, -0.15) is 0 Å². The van der Waals surface area contributed by atoms with E-state index >= 15 is 0 Å². The largest absolute Gasteiger partial charge is 0.389 e. The maximum absolute atomic E-state index is 13.5. The Bertz CT molecular complexity index is 448. The molecule has 0 saturated carbocycles. The van der Waals surface area contributed by atoms with Crippen LogP contribution in [0.25, 0.3) is 0 Å². The number of hydrogen-bond donors (Lipinski definition) is 2. The van der Waals surface area contributed by atoms with E-state index in [9.17, 15) is 9.18 Å². The van der Waals surface area contributed by atoms with E-state index in [4.69, 9.17) is 5.73 Å². The lowest BCUT2D eigenvalue weighted by molar-refractivity contribution is -0.126. The van der Waals surface area contributed by atoms with Gasteiger partial charge in [-0.3, -0.25) is 4.79 Å². The van der Waals surface area contributed by atoms with Crippen molar-refractivity contribution < 1.29 is 9.18 Å². The Labute approximate surface area is 105 Å². The molecule has 0 fully saturated rings. The number of anilines is 1. The van der Waals surface area contributed by atoms with Crippen molar-refractivity contribution >= 4 is 28.8 Å². The van der Waals surface area contributed by atoms with Crippen LogP contribution in [0.1, 0.15) is 5.56 Å². The first kappa shape index (κ1) is 13.4. The fraction of sp³-hybridized carbons (Fsp3) is 0.273. The molecule has 0 unspecified atom stereocenters. The molecule has 3 N–H and O–H groups in total. The van der Waals surface area contributed by atoms with Gasteiger partial charge in [-0.05, 0) is 18.2 Å². The average Bonchev–Trinajstić information content (AvgIpc) is 2.25. The molecular formula is C11H14FN3OS. The second kappa shape index (κ2) is 5.58. The zero-order valence-electron chi connectivity index (χ0n) is 9.66. The summed E-state index contributed by atoms with van der Waals surface area (Å²) in [6.07, 6.45) is 0. The summed E-state index contributed by atoms with van der Waals surface area (Å²) in [5, 5.41) is 2.82. The molecule has 4 nitrogen and oxygen atoms in total. The van der Waals surface area contributed by atoms with Gasteiger partial charge in [-0.1, -0.05) is 12.2 Å². The lowest BCUT2D eigenvalue weighted by atomic mass is 10.2. The lowest BCUT2D eigenvalue weighted by Gasteiger charge is -2.12. The minimum atomic E-state index is -0.500. The molecule has 92 valence electrons. The van der Waals surface area contributed by atoms with Crippen LogP contribution in [0.5, 0.6) is 0 Å². The SMILES string of the molecule is CN(C)C(=O)CNc1ccc(C(N)=S)c(F)c1. The molecule has 0 radical (unpaired) electrons. The number of rotatable bonds is 4. The highest BCUT2D eigenvalue weighted by Crippen LogP contribution is 2.14. The number of carbonyl (C=O) groups is 1. The molecule has 0 aliphatic carbocycles. The van der Waals surface area contributed by atoms with E-state index in [0.717, 1.165) is 0 Å². The van der Waals surface area contributed by atoms with Crippen molar-refractivity contribution in [2.45, 2.75) is 0 Å². The summed E-state index contributed by atoms with van der Waals surface area (Å²) >= 11 is 4.69. The van der Waals surface area contributed by atoms with Gasteiger partial charge in [0.15, 0.2) is 0 Å². The van der Waals surface area contributed by atoms with Crippen molar-refractivity contribution in [3.8, 4) is 0 Å². The van der Waals surface area contributed by atoms with E-state index in [1.54, 1.807) is 20.2 Å². The minimum absolute atomic E-state index is 0.0124. The third-order valence-electron chi connectivity index (χ3n) is 2.18. The van der Waals surface area contributed by atoms with Crippen molar-refractivity contribution in [3.05, 3.63) is 29.6 Å². The summed E-state index contributed by atoms with van der Waals surface area (Å²) in [5.41, 5.74) is 6.05. The second-order valence-corrected chi connectivity index (χ2v) is 4.14. The van der Waals surface area contributed by atoms with Gasteiger partial charge in [0.2, 0.25) is 5.91 Å². The Balaban J connectivity index is 2.71. The van der Waals surface area contributed by atoms with Crippen molar-refractivity contribution in [3.63, 3.8) is 0 Å². The van der Waals surface area contributed by atoms with Gasteiger partial charge in [0.1, 0.15) is 10.8 Å². The number of hydrogen-bond acceptors (Lipinski definition) is 3. The van der Waals surface area contributed by atoms with Gasteiger partial charge in [0.05, 0.1) is 6.54 Å². The van der Waals surface area contributed by atoms with Crippen molar-refractivity contribution in [2.24, 2.45) is 5.73 Å². The van der Waals surface area contributed by atoms with Crippen LogP contribution < -0.4 is 11.1 Å². The molecule has 0 heterocycles. The Kier molecular flexibility index (Phi) is 4.39. The summed E-state index contributed by atoms with van der Waals surface area (Å²) in [6.45, 7) is 0.110. The van der Waals surface area contributed by atoms with Crippen molar-refractivity contribution in [1.82, 2.24) is 4.90 Å². The van der Waals surface area contributed by atoms with Crippen LogP contribution in [0.3, 0.4) is 0 Å². The topological polar surface area (TPSA) is 58.4 Å². The fourth-order valence-electron chi connectivity index (χ4n) is 1.16. The Morgan fingerprint density at radius 3 is 2.65 bits per heavy atom. The second-order valence-electron chi connectivity index (χ2n) is 3.70. The number of halogens is 1. The van der Waals surface area contributed by atoms with Crippen LogP contribution in [0.15, 0.2) is 18.2 Å². The van der Waals surface area contributed by atoms with Gasteiger partial charge in [-0.25, -0.2) is 4.39 Å². The summed E-state index contributed by atoms with van der Waals surface area (Å²) < 4.78 is 13.5. The van der Waals surface area contributed by atoms with Crippen LogP contribution in [-0.4, -0.2) is 36.4 Å². The highest BCUT2D eigenvalue weighted by Gasteiger charge is 2.07. The van der Waals surface area contributed by atoms with E-state index in [1.807, 2.05) is 0 Å². The molecule has 1 rings (SSSR count). The number of carbonyl (C=O) groups excluding carboxylic acids is 1. The first-order valence-corrected chi connectivity index (χ1v) is 5.36. The summed E-state index contributed by atoms with van der Waals surface area (Å²) in [7, 11) is 3.31. The van der Waals surface area contributed by atoms with Crippen molar-refractivity contribution in [2.75, 3.05) is 26.0 Å². The van der Waals surface area contributed by atoms with Gasteiger partial charge in [0.25, 0.3) is 0 Å². The zero-order chi connectivity index (χ0) is 13.0. The highest BCUT2D eigenvalue weighted by molar-refractivity contribution is 7.80. The van der Waals surface area contributed by atoms with Gasteiger partial charge in [-0.15, -0.1) is 0 Å². The molecule has 0 saturated heterocycles. The smallest absolute Gasteiger partial charge is 0.241 e. The molecule has 6 heteroatoms. The Morgan fingerprint density at radius 2 is 2.18 bits per heavy atom. The quantitative estimate of drug-likeness (QED) is 0.787. The van der Waals surface area contributed by atoms with Gasteiger partial charge in [0, 0.05) is 25.3 Å². The van der Waals surface area contributed by atoms with E-state index in [1.165, 1.54) is 17.0 Å². The standard InChI is InChI=1S/C11H14FN3OS/c1-15(2)10(16)6-14-7-3-4-8(11(13)17)9(12)5-7/h3-5,14H,6H2,1-2H3,(H2,13,17). The third kappa shape index (κ3) is 3.67. The van der Waals surface area contributed by atoms with Gasteiger partial charge >= 0.3 is 0 Å². The Hall–Kier alpha value is -1.69. The maximum atomic E-state index is 13.5. The van der Waals surface area contributed by atoms with Crippen LogP contribution in [-0.2, 0) is 4.79 Å². The van der Waals surface area contributed by atoms with Crippen molar-refractivity contribution in [1.29, 1.82) is 0 Å². The average molecular weight is 255 g/mol. The number of likely N-dealkylation sites (N-methyl/N-ethyl adjacent to an activating group) is 1. The molecule has 1 amide bonds. The number of benzene rings is 1. The molecule has 0 aliphatic rings. The molecule has 17 heavy (non-hydrogen) atoms. The minimum Gasteiger partial charge on any atom is -0.389 e. The monoisotopic (exact) mass is 255 g/mol. The normalized spacial score (nSPS) is 9.82. The third-order valence-corrected chi connectivity index (χ3v) is 2.40. The molecule has 1 aromatic rings. The molecule has 1 aromatic carbocycles. The molecule has 0 spiro atoms. The number of nitrogens with one attached hydrogen (secondary N) is 1. The van der Waals surface area contributed by atoms with Gasteiger partial charge < -0.3 is 16.0 Å². The fourth-order valence-corrected chi connectivity index (χ4v) is 1.33. The first-order valence-electron chi connectivity index (χ1n) is 4.95. The number of thiocarbonyl (C=S) groups is 1. The maximum Gasteiger partial charge on any atom is 0.241 e. The van der Waals surface area contributed by atoms with E-state index < -0.39 is 5.82 Å². The molecular weight excluding hydrogens is 241 g/mol. The van der Waals surface area contributed by atoms with E-state index in [2.05, 4.69) is 17.5 Å². The summed E-state index contributed by atoms with van der Waals surface area (Å²) in [6, 6.07) is 4.37. The molecule has 0 bridgehead atoms. The van der Waals surface area contributed by atoms with Crippen LogP contribution >= 0.6 is 12.2 Å². The van der Waals surface area contributed by atoms with E-state index in [-0.39, 0.29) is 23.0 Å². The summed E-state index contributed by atoms with van der Waals surface area (Å²) in [5.74, 6) is -0.594. The Morgan fingerprint density at radius 1 is 1.53 bits per heavy atom. The molecule has 0 atom stereocenters. The number of nitrogens with two attached hydrogens (primary N) is 1. The summed E-state index contributed by atoms with van der Waals surface area (Å²) in [4.78, 5) is 12.8. The number of nitrogens with zero attached hydrogens (tertiary/aromatic N) is 1. The molecule has 0 aromatic heterocycles. The predicted molar refractivity (Wildman–Crippen MR) is 69.5 cm³/mol. The van der Waals surface area contributed by atoms with Crippen LogP contribution in [0.4, 0.5) is 10.1 Å². The highest BCUT2D eigenvalue weighted by atomic mass is 32.1. The predicted octanol–water partition coefficient (Wildman–Crippen LogP) is 0.960. The van der Waals surface area contributed by atoms with Crippen LogP contribution in [0, 0.1) is 5.82 Å². The first-order chi connectivity index (χ1) is 7.91. The number of amides is 1. The van der Waals surface area contributed by atoms with Crippen LogP contribution in [0.2, 0.25) is 0 Å². The van der Waals surface area contributed by atoms with E-state index in [0.29, 0.717) is 5.69 Å².